The number of rotatable bonds is 6. The number of halogens is 2. The molecule has 0 aliphatic heterocycles. The van der Waals surface area contributed by atoms with Crippen LogP contribution >= 0.6 is 23.2 Å². The lowest BCUT2D eigenvalue weighted by molar-refractivity contribution is 0.366. The second-order valence-electron chi connectivity index (χ2n) is 6.55. The average molecular weight is 429 g/mol. The number of nitrogens with two attached hydrogens (primary N) is 1. The summed E-state index contributed by atoms with van der Waals surface area (Å²) in [5.74, 6) is 6.71. The van der Waals surface area contributed by atoms with E-state index in [2.05, 4.69) is 18.1 Å². The Morgan fingerprint density at radius 3 is 2.66 bits per heavy atom. The molecule has 150 valence electrons. The largest absolute Gasteiger partial charge is 0.495 e. The van der Waals surface area contributed by atoms with Gasteiger partial charge in [0.2, 0.25) is 0 Å². The monoisotopic (exact) mass is 428 g/mol. The molecule has 0 saturated heterocycles. The van der Waals surface area contributed by atoms with Gasteiger partial charge >= 0.3 is 0 Å². The Hall–Kier alpha value is -2.73. The molecule has 1 heterocycles. The first-order valence-corrected chi connectivity index (χ1v) is 9.57. The molecule has 0 saturated carbocycles. The lowest BCUT2D eigenvalue weighted by Gasteiger charge is -2.20. The SMILES string of the molecule is C=C(OC)c1cncn1C/C(=c1\cccc(-c2ccc(Cl)cc2Cl)c1=C)N(C)N. The molecule has 5 nitrogen and oxygen atoms in total. The molecule has 1 aromatic heterocycles. The van der Waals surface area contributed by atoms with Gasteiger partial charge in [-0.25, -0.2) is 10.8 Å². The van der Waals surface area contributed by atoms with Gasteiger partial charge in [0.05, 0.1) is 31.9 Å². The highest BCUT2D eigenvalue weighted by atomic mass is 35.5. The fourth-order valence-corrected chi connectivity index (χ4v) is 3.66. The first kappa shape index (κ1) is 21.0. The fourth-order valence-electron chi connectivity index (χ4n) is 3.15. The quantitative estimate of drug-likeness (QED) is 0.370. The number of nitrogens with zero attached hydrogens (tertiary/aromatic N) is 3. The molecular formula is C22H22Cl2N4O. The number of hydrogen-bond donors (Lipinski definition) is 1. The molecule has 2 aromatic carbocycles. The highest BCUT2D eigenvalue weighted by Crippen LogP contribution is 2.28. The van der Waals surface area contributed by atoms with E-state index in [0.717, 1.165) is 33.0 Å². The lowest BCUT2D eigenvalue weighted by Crippen LogP contribution is -2.38. The maximum absolute atomic E-state index is 6.43. The van der Waals surface area contributed by atoms with Gasteiger partial charge in [-0.2, -0.15) is 0 Å². The number of hydrogen-bond acceptors (Lipinski definition) is 4. The number of hydrazine groups is 1. The van der Waals surface area contributed by atoms with E-state index in [0.29, 0.717) is 22.3 Å². The van der Waals surface area contributed by atoms with Crippen molar-refractivity contribution >= 4 is 41.2 Å². The van der Waals surface area contributed by atoms with Gasteiger partial charge < -0.3 is 14.3 Å². The Morgan fingerprint density at radius 1 is 1.24 bits per heavy atom. The third-order valence-corrected chi connectivity index (χ3v) is 5.25. The zero-order valence-corrected chi connectivity index (χ0v) is 17.8. The van der Waals surface area contributed by atoms with Gasteiger partial charge in [0, 0.05) is 27.9 Å². The number of benzene rings is 2. The van der Waals surface area contributed by atoms with E-state index in [1.807, 2.05) is 34.9 Å². The zero-order chi connectivity index (χ0) is 21.1. The van der Waals surface area contributed by atoms with Crippen LogP contribution in [-0.2, 0) is 11.3 Å². The first-order chi connectivity index (χ1) is 13.8. The second-order valence-corrected chi connectivity index (χ2v) is 7.39. The molecular weight excluding hydrogens is 407 g/mol. The molecule has 0 unspecified atom stereocenters. The fraction of sp³-hybridized carbons (Fsp3) is 0.136. The first-order valence-electron chi connectivity index (χ1n) is 8.82. The number of likely N-dealkylation sites (N-methyl/N-ethyl adjacent to an activating group) is 1. The summed E-state index contributed by atoms with van der Waals surface area (Å²) < 4.78 is 7.18. The Balaban J connectivity index is 2.18. The number of ether oxygens (including phenoxy) is 1. The molecule has 0 fully saturated rings. The minimum Gasteiger partial charge on any atom is -0.495 e. The molecule has 0 aliphatic rings. The highest BCUT2D eigenvalue weighted by molar-refractivity contribution is 6.36. The van der Waals surface area contributed by atoms with Gasteiger partial charge in [-0.15, -0.1) is 0 Å². The Labute approximate surface area is 179 Å². The van der Waals surface area contributed by atoms with Crippen molar-refractivity contribution in [3.05, 3.63) is 81.7 Å². The highest BCUT2D eigenvalue weighted by Gasteiger charge is 2.12. The summed E-state index contributed by atoms with van der Waals surface area (Å²) >= 11 is 12.5. The normalized spacial score (nSPS) is 11.9. The smallest absolute Gasteiger partial charge is 0.136 e. The van der Waals surface area contributed by atoms with E-state index in [1.165, 1.54) is 0 Å². The molecule has 0 amide bonds. The van der Waals surface area contributed by atoms with Crippen LogP contribution in [0.5, 0.6) is 0 Å². The van der Waals surface area contributed by atoms with Crippen molar-refractivity contribution in [3.63, 3.8) is 0 Å². The Bertz CT molecular complexity index is 1170. The predicted molar refractivity (Wildman–Crippen MR) is 120 cm³/mol. The maximum Gasteiger partial charge on any atom is 0.136 e. The van der Waals surface area contributed by atoms with Crippen LogP contribution in [0.4, 0.5) is 0 Å². The molecule has 0 radical (unpaired) electrons. The molecule has 2 N–H and O–H groups in total. The summed E-state index contributed by atoms with van der Waals surface area (Å²) in [6, 6.07) is 11.3. The van der Waals surface area contributed by atoms with Crippen molar-refractivity contribution in [2.45, 2.75) is 6.54 Å². The van der Waals surface area contributed by atoms with E-state index >= 15 is 0 Å². The minimum absolute atomic E-state index is 0.463. The topological polar surface area (TPSA) is 56.3 Å². The average Bonchev–Trinajstić information content (AvgIpc) is 3.14. The van der Waals surface area contributed by atoms with Crippen LogP contribution in [0.15, 0.2) is 55.5 Å². The van der Waals surface area contributed by atoms with Crippen LogP contribution in [0, 0.1) is 0 Å². The number of aromatic nitrogens is 2. The summed E-state index contributed by atoms with van der Waals surface area (Å²) in [5, 5.41) is 4.45. The van der Waals surface area contributed by atoms with Crippen molar-refractivity contribution < 1.29 is 4.74 Å². The van der Waals surface area contributed by atoms with E-state index in [9.17, 15) is 0 Å². The van der Waals surface area contributed by atoms with Gasteiger partial charge in [0.25, 0.3) is 0 Å². The van der Waals surface area contributed by atoms with Gasteiger partial charge in [-0.1, -0.05) is 60.6 Å². The molecule has 7 heteroatoms. The third kappa shape index (κ3) is 4.32. The second kappa shape index (κ2) is 8.74. The lowest BCUT2D eigenvalue weighted by atomic mass is 10.0. The van der Waals surface area contributed by atoms with Gasteiger partial charge in [0.1, 0.15) is 11.5 Å². The summed E-state index contributed by atoms with van der Waals surface area (Å²) in [6.07, 6.45) is 3.42. The molecule has 0 aliphatic carbocycles. The number of methoxy groups -OCH3 is 1. The summed E-state index contributed by atoms with van der Waals surface area (Å²) in [7, 11) is 3.37. The molecule has 3 aromatic rings. The van der Waals surface area contributed by atoms with Crippen LogP contribution in [0.2, 0.25) is 10.0 Å². The van der Waals surface area contributed by atoms with Crippen molar-refractivity contribution in [3.8, 4) is 11.1 Å². The third-order valence-electron chi connectivity index (χ3n) is 4.70. The molecule has 3 rings (SSSR count). The predicted octanol–water partition coefficient (Wildman–Crippen LogP) is 3.50. The molecule has 0 atom stereocenters. The van der Waals surface area contributed by atoms with Crippen molar-refractivity contribution in [2.24, 2.45) is 5.84 Å². The van der Waals surface area contributed by atoms with E-state index < -0.39 is 0 Å². The van der Waals surface area contributed by atoms with E-state index in [-0.39, 0.29) is 0 Å². The Kier molecular flexibility index (Phi) is 6.33. The van der Waals surface area contributed by atoms with Gasteiger partial charge in [-0.05, 0) is 22.9 Å². The molecule has 0 bridgehead atoms. The van der Waals surface area contributed by atoms with E-state index in [1.54, 1.807) is 37.8 Å². The Morgan fingerprint density at radius 2 is 2.00 bits per heavy atom. The van der Waals surface area contributed by atoms with Crippen molar-refractivity contribution in [1.82, 2.24) is 14.6 Å². The van der Waals surface area contributed by atoms with Crippen LogP contribution < -0.4 is 16.3 Å². The van der Waals surface area contributed by atoms with Crippen LogP contribution in [0.25, 0.3) is 29.2 Å². The molecule has 29 heavy (non-hydrogen) atoms. The van der Waals surface area contributed by atoms with Crippen molar-refractivity contribution in [2.75, 3.05) is 14.2 Å². The van der Waals surface area contributed by atoms with Gasteiger partial charge in [0.15, 0.2) is 0 Å². The van der Waals surface area contributed by atoms with Crippen molar-refractivity contribution in [1.29, 1.82) is 0 Å². The van der Waals surface area contributed by atoms with E-state index in [4.69, 9.17) is 33.8 Å². The summed E-state index contributed by atoms with van der Waals surface area (Å²) in [5.41, 5.74) is 3.40. The zero-order valence-electron chi connectivity index (χ0n) is 16.3. The summed E-state index contributed by atoms with van der Waals surface area (Å²) in [4.78, 5) is 4.21. The maximum atomic E-state index is 6.43. The van der Waals surface area contributed by atoms with Crippen LogP contribution in [0.1, 0.15) is 5.69 Å². The number of imidazole rings is 1. The van der Waals surface area contributed by atoms with Gasteiger partial charge in [-0.3, -0.25) is 0 Å². The van der Waals surface area contributed by atoms with Crippen LogP contribution in [0.3, 0.4) is 0 Å². The minimum atomic E-state index is 0.463. The van der Waals surface area contributed by atoms with Crippen LogP contribution in [-0.4, -0.2) is 28.7 Å². The standard InChI is InChI=1S/C22H22Cl2N4O/c1-14-17(19-9-8-16(23)10-20(19)24)6-5-7-18(14)22(27(3)25)12-28-13-26-11-21(28)15(2)29-4/h5-11,13H,1-2,12,25H2,3-4H3/b22-18-. The molecule has 0 spiro atoms. The summed E-state index contributed by atoms with van der Waals surface area (Å²) in [6.45, 7) is 8.68.